The number of hydrogen-bond donors (Lipinski definition) is 2. The number of hydrogen-bond acceptors (Lipinski definition) is 6. The van der Waals surface area contributed by atoms with E-state index in [-0.39, 0.29) is 11.7 Å². The van der Waals surface area contributed by atoms with Gasteiger partial charge < -0.3 is 10.2 Å². The Bertz CT molecular complexity index is 1200. The maximum Gasteiger partial charge on any atom is 0.247 e. The number of carbonyl (C=O) groups excluding carboxylic acids is 1. The van der Waals surface area contributed by atoms with Crippen molar-refractivity contribution in [1.82, 2.24) is 29.7 Å². The first-order valence-corrected chi connectivity index (χ1v) is 9.41. The Morgan fingerprint density at radius 1 is 1.17 bits per heavy atom. The van der Waals surface area contributed by atoms with Gasteiger partial charge in [-0.15, -0.1) is 0 Å². The Kier molecular flexibility index (Phi) is 4.24. The van der Waals surface area contributed by atoms with Crippen molar-refractivity contribution < 1.29 is 9.18 Å². The summed E-state index contributed by atoms with van der Waals surface area (Å²) < 4.78 is 15.0. The van der Waals surface area contributed by atoms with E-state index in [1.165, 1.54) is 12.1 Å². The zero-order valence-corrected chi connectivity index (χ0v) is 16.0. The second-order valence-electron chi connectivity index (χ2n) is 6.77. The first kappa shape index (κ1) is 18.0. The van der Waals surface area contributed by atoms with Gasteiger partial charge in [-0.25, -0.2) is 14.4 Å². The quantitative estimate of drug-likeness (QED) is 0.542. The lowest BCUT2D eigenvalue weighted by molar-refractivity contribution is -0.117. The van der Waals surface area contributed by atoms with Crippen LogP contribution >= 0.6 is 0 Å². The van der Waals surface area contributed by atoms with E-state index in [1.54, 1.807) is 47.7 Å². The van der Waals surface area contributed by atoms with Crippen LogP contribution in [0.25, 0.3) is 17.3 Å². The topological polar surface area (TPSA) is 105 Å². The predicted octanol–water partition coefficient (Wildman–Crippen LogP) is 3.06. The summed E-state index contributed by atoms with van der Waals surface area (Å²) in [5, 5.41) is 9.67. The maximum atomic E-state index is 13.3. The van der Waals surface area contributed by atoms with Gasteiger partial charge in [0, 0.05) is 24.2 Å². The van der Waals surface area contributed by atoms with Crippen molar-refractivity contribution in [2.24, 2.45) is 0 Å². The standard InChI is InChI=1S/C20H17FN8O/c1-2-16-19(30)26-15-11-23-20(27-18(15)29(16)14-9-24-25-10-14)28-8-7-22-17(28)12-3-5-13(21)6-4-12/h3-11,16H,2H2,1H3,(H,24,25)(H,26,30). The molecular weight excluding hydrogens is 387 g/mol. The number of halogens is 1. The first-order chi connectivity index (χ1) is 14.7. The Hall–Kier alpha value is -4.08. The third-order valence-electron chi connectivity index (χ3n) is 4.96. The molecule has 1 aliphatic heterocycles. The molecule has 10 heteroatoms. The minimum atomic E-state index is -0.433. The molecule has 0 saturated carbocycles. The zero-order valence-electron chi connectivity index (χ0n) is 16.0. The number of H-pyrrole nitrogens is 1. The van der Waals surface area contributed by atoms with Crippen LogP contribution in [0.5, 0.6) is 0 Å². The molecule has 0 aliphatic carbocycles. The molecule has 1 unspecified atom stereocenters. The molecule has 0 saturated heterocycles. The number of benzene rings is 1. The number of imidazole rings is 1. The fourth-order valence-electron chi connectivity index (χ4n) is 3.56. The van der Waals surface area contributed by atoms with Gasteiger partial charge in [0.05, 0.1) is 18.1 Å². The lowest BCUT2D eigenvalue weighted by Gasteiger charge is -2.35. The molecule has 9 nitrogen and oxygen atoms in total. The van der Waals surface area contributed by atoms with Gasteiger partial charge >= 0.3 is 0 Å². The lowest BCUT2D eigenvalue weighted by atomic mass is 10.1. The Labute approximate surface area is 170 Å². The second-order valence-corrected chi connectivity index (χ2v) is 6.77. The van der Waals surface area contributed by atoms with E-state index in [2.05, 4.69) is 25.5 Å². The summed E-state index contributed by atoms with van der Waals surface area (Å²) in [6.45, 7) is 1.94. The van der Waals surface area contributed by atoms with Crippen molar-refractivity contribution in [3.8, 4) is 17.3 Å². The number of aromatic amines is 1. The highest BCUT2D eigenvalue weighted by molar-refractivity contribution is 6.04. The van der Waals surface area contributed by atoms with Crippen molar-refractivity contribution >= 4 is 23.1 Å². The van der Waals surface area contributed by atoms with E-state index in [1.807, 2.05) is 11.8 Å². The molecular formula is C20H17FN8O. The molecule has 0 spiro atoms. The number of anilines is 3. The minimum absolute atomic E-state index is 0.128. The van der Waals surface area contributed by atoms with Crippen molar-refractivity contribution in [2.45, 2.75) is 19.4 Å². The highest BCUT2D eigenvalue weighted by atomic mass is 19.1. The first-order valence-electron chi connectivity index (χ1n) is 9.41. The fraction of sp³-hybridized carbons (Fsp3) is 0.150. The molecule has 1 aromatic carbocycles. The lowest BCUT2D eigenvalue weighted by Crippen LogP contribution is -2.45. The normalized spacial score (nSPS) is 15.7. The molecule has 0 bridgehead atoms. The van der Waals surface area contributed by atoms with Gasteiger partial charge in [-0.2, -0.15) is 10.1 Å². The van der Waals surface area contributed by atoms with Crippen LogP contribution in [0.4, 0.5) is 21.6 Å². The molecule has 3 aromatic heterocycles. The summed E-state index contributed by atoms with van der Waals surface area (Å²) in [5.41, 5.74) is 1.97. The summed E-state index contributed by atoms with van der Waals surface area (Å²) >= 11 is 0. The summed E-state index contributed by atoms with van der Waals surface area (Å²) in [7, 11) is 0. The molecule has 0 fully saturated rings. The zero-order chi connectivity index (χ0) is 20.7. The van der Waals surface area contributed by atoms with E-state index in [0.717, 1.165) is 11.3 Å². The summed E-state index contributed by atoms with van der Waals surface area (Å²) in [6, 6.07) is 5.63. The molecule has 0 radical (unpaired) electrons. The van der Waals surface area contributed by atoms with E-state index < -0.39 is 6.04 Å². The van der Waals surface area contributed by atoms with Gasteiger partial charge in [0.15, 0.2) is 5.82 Å². The molecule has 2 N–H and O–H groups in total. The van der Waals surface area contributed by atoms with E-state index >= 15 is 0 Å². The number of aromatic nitrogens is 6. The van der Waals surface area contributed by atoms with Gasteiger partial charge in [-0.1, -0.05) is 6.92 Å². The molecule has 4 aromatic rings. The fourth-order valence-corrected chi connectivity index (χ4v) is 3.56. The number of nitrogens with one attached hydrogen (secondary N) is 2. The average Bonchev–Trinajstić information content (AvgIpc) is 3.45. The minimum Gasteiger partial charge on any atom is -0.320 e. The van der Waals surface area contributed by atoms with Crippen LogP contribution < -0.4 is 10.2 Å². The van der Waals surface area contributed by atoms with Crippen LogP contribution in [-0.2, 0) is 4.79 Å². The Morgan fingerprint density at radius 2 is 2.00 bits per heavy atom. The van der Waals surface area contributed by atoms with E-state index in [4.69, 9.17) is 4.98 Å². The van der Waals surface area contributed by atoms with Gasteiger partial charge in [0.1, 0.15) is 23.4 Å². The van der Waals surface area contributed by atoms with Crippen molar-refractivity contribution in [2.75, 3.05) is 10.2 Å². The Morgan fingerprint density at radius 3 is 2.73 bits per heavy atom. The van der Waals surface area contributed by atoms with Gasteiger partial charge in [0.2, 0.25) is 11.9 Å². The molecule has 4 heterocycles. The van der Waals surface area contributed by atoms with E-state index in [9.17, 15) is 9.18 Å². The third kappa shape index (κ3) is 2.89. The van der Waals surface area contributed by atoms with Crippen LogP contribution in [0.3, 0.4) is 0 Å². The SMILES string of the molecule is CCC1C(=O)Nc2cnc(-n3ccnc3-c3ccc(F)cc3)nc2N1c1cn[nH]c1. The molecule has 30 heavy (non-hydrogen) atoms. The Balaban J connectivity index is 1.63. The molecule has 5 rings (SSSR count). The van der Waals surface area contributed by atoms with E-state index in [0.29, 0.717) is 29.7 Å². The number of carbonyl (C=O) groups is 1. The average molecular weight is 404 g/mol. The summed E-state index contributed by atoms with van der Waals surface area (Å²) in [6.07, 6.45) is 8.89. The highest BCUT2D eigenvalue weighted by Gasteiger charge is 2.35. The van der Waals surface area contributed by atoms with Gasteiger partial charge in [-0.3, -0.25) is 14.5 Å². The van der Waals surface area contributed by atoms with Crippen molar-refractivity contribution in [3.05, 3.63) is 61.1 Å². The van der Waals surface area contributed by atoms with Crippen LogP contribution in [-0.4, -0.2) is 41.7 Å². The second kappa shape index (κ2) is 7.07. The number of fused-ring (bicyclic) bond motifs is 1. The number of rotatable bonds is 4. The molecule has 150 valence electrons. The largest absolute Gasteiger partial charge is 0.320 e. The van der Waals surface area contributed by atoms with Crippen LogP contribution in [0.1, 0.15) is 13.3 Å². The van der Waals surface area contributed by atoms with Crippen molar-refractivity contribution in [3.63, 3.8) is 0 Å². The summed E-state index contributed by atoms with van der Waals surface area (Å²) in [5.74, 6) is 1.07. The van der Waals surface area contributed by atoms with Crippen LogP contribution in [0.15, 0.2) is 55.2 Å². The summed E-state index contributed by atoms with van der Waals surface area (Å²) in [4.78, 5) is 28.0. The smallest absolute Gasteiger partial charge is 0.247 e. The highest BCUT2D eigenvalue weighted by Crippen LogP contribution is 2.37. The molecule has 1 aliphatic rings. The molecule has 1 amide bonds. The maximum absolute atomic E-state index is 13.3. The van der Waals surface area contributed by atoms with Gasteiger partial charge in [-0.05, 0) is 30.7 Å². The monoisotopic (exact) mass is 404 g/mol. The number of amides is 1. The third-order valence-corrected chi connectivity index (χ3v) is 4.96. The predicted molar refractivity (Wildman–Crippen MR) is 108 cm³/mol. The van der Waals surface area contributed by atoms with Gasteiger partial charge in [0.25, 0.3) is 0 Å². The number of nitrogens with zero attached hydrogens (tertiary/aromatic N) is 6. The van der Waals surface area contributed by atoms with Crippen LogP contribution in [0.2, 0.25) is 0 Å². The van der Waals surface area contributed by atoms with Crippen LogP contribution in [0, 0.1) is 5.82 Å². The molecule has 1 atom stereocenters. The van der Waals surface area contributed by atoms with Crippen molar-refractivity contribution in [1.29, 1.82) is 0 Å².